The van der Waals surface area contributed by atoms with Crippen molar-refractivity contribution in [1.82, 2.24) is 10.3 Å². The van der Waals surface area contributed by atoms with Crippen LogP contribution in [-0.4, -0.2) is 24.7 Å². The van der Waals surface area contributed by atoms with Crippen LogP contribution in [-0.2, 0) is 4.74 Å². The molecule has 14 heavy (non-hydrogen) atoms. The van der Waals surface area contributed by atoms with Crippen LogP contribution in [0.2, 0.25) is 0 Å². The molecule has 1 aliphatic rings. The lowest BCUT2D eigenvalue weighted by atomic mass is 10.1. The van der Waals surface area contributed by atoms with Gasteiger partial charge in [0.15, 0.2) is 0 Å². The molecule has 1 unspecified atom stereocenters. The number of ether oxygens (including phenoxy) is 1. The summed E-state index contributed by atoms with van der Waals surface area (Å²) in [5, 5.41) is 3.34. The van der Waals surface area contributed by atoms with Crippen LogP contribution in [0.15, 0.2) is 17.1 Å². The predicted molar refractivity (Wildman–Crippen MR) is 53.4 cm³/mol. The Balaban J connectivity index is 2.22. The summed E-state index contributed by atoms with van der Waals surface area (Å²) in [5.41, 5.74) is 1.81. The lowest BCUT2D eigenvalue weighted by molar-refractivity contribution is 0.0767. The molecule has 2 heterocycles. The van der Waals surface area contributed by atoms with Gasteiger partial charge in [-0.3, -0.25) is 4.79 Å². The van der Waals surface area contributed by atoms with E-state index in [1.807, 2.05) is 13.0 Å². The van der Waals surface area contributed by atoms with Crippen molar-refractivity contribution in [2.75, 3.05) is 19.8 Å². The second kappa shape index (κ2) is 3.94. The fraction of sp³-hybridized carbons (Fsp3) is 0.500. The summed E-state index contributed by atoms with van der Waals surface area (Å²) in [6.07, 6.45) is 1.75. The van der Waals surface area contributed by atoms with Gasteiger partial charge < -0.3 is 15.0 Å². The average molecular weight is 194 g/mol. The van der Waals surface area contributed by atoms with Gasteiger partial charge in [0.25, 0.3) is 5.56 Å². The minimum atomic E-state index is -0.0227. The quantitative estimate of drug-likeness (QED) is 0.678. The van der Waals surface area contributed by atoms with E-state index < -0.39 is 0 Å². The zero-order valence-corrected chi connectivity index (χ0v) is 8.17. The van der Waals surface area contributed by atoms with Crippen molar-refractivity contribution >= 4 is 0 Å². The fourth-order valence-corrected chi connectivity index (χ4v) is 1.60. The highest BCUT2D eigenvalue weighted by molar-refractivity contribution is 5.20. The van der Waals surface area contributed by atoms with Crippen molar-refractivity contribution < 1.29 is 4.74 Å². The molecular formula is C10H14N2O2. The van der Waals surface area contributed by atoms with E-state index in [1.54, 1.807) is 6.20 Å². The van der Waals surface area contributed by atoms with Crippen LogP contribution >= 0.6 is 0 Å². The highest BCUT2D eigenvalue weighted by atomic mass is 16.5. The minimum absolute atomic E-state index is 0.0227. The van der Waals surface area contributed by atoms with Gasteiger partial charge in [-0.05, 0) is 18.6 Å². The van der Waals surface area contributed by atoms with Crippen LogP contribution < -0.4 is 10.9 Å². The standard InChI is InChI=1S/C10H14N2O2/c1-7-4-8(5-12-10(7)13)9-6-14-3-2-11-9/h4-5,9,11H,2-3,6H2,1H3,(H,12,13). The molecule has 0 spiro atoms. The SMILES string of the molecule is Cc1cc(C2COCCN2)c[nH]c1=O. The molecule has 1 aromatic rings. The van der Waals surface area contributed by atoms with Crippen molar-refractivity contribution in [3.63, 3.8) is 0 Å². The highest BCUT2D eigenvalue weighted by Gasteiger charge is 2.15. The molecule has 1 aromatic heterocycles. The Kier molecular flexibility index (Phi) is 2.65. The Morgan fingerprint density at radius 3 is 3.07 bits per heavy atom. The molecule has 76 valence electrons. The molecule has 0 amide bonds. The van der Waals surface area contributed by atoms with E-state index in [1.165, 1.54) is 0 Å². The molecule has 0 saturated carbocycles. The fourth-order valence-electron chi connectivity index (χ4n) is 1.60. The molecule has 1 fully saturated rings. The molecule has 0 radical (unpaired) electrons. The highest BCUT2D eigenvalue weighted by Crippen LogP contribution is 2.14. The van der Waals surface area contributed by atoms with Gasteiger partial charge in [-0.1, -0.05) is 0 Å². The van der Waals surface area contributed by atoms with E-state index in [-0.39, 0.29) is 11.6 Å². The van der Waals surface area contributed by atoms with Crippen LogP contribution in [0.1, 0.15) is 17.2 Å². The Labute approximate surface area is 82.3 Å². The topological polar surface area (TPSA) is 54.1 Å². The first-order valence-electron chi connectivity index (χ1n) is 4.78. The predicted octanol–water partition coefficient (Wildman–Crippen LogP) is 0.344. The smallest absolute Gasteiger partial charge is 0.250 e. The van der Waals surface area contributed by atoms with Crippen molar-refractivity contribution in [3.05, 3.63) is 33.7 Å². The van der Waals surface area contributed by atoms with Gasteiger partial charge in [0.1, 0.15) is 0 Å². The average Bonchev–Trinajstić information content (AvgIpc) is 2.23. The van der Waals surface area contributed by atoms with Crippen LogP contribution in [0.5, 0.6) is 0 Å². The number of nitrogens with one attached hydrogen (secondary N) is 2. The first kappa shape index (κ1) is 9.43. The zero-order chi connectivity index (χ0) is 9.97. The van der Waals surface area contributed by atoms with Gasteiger partial charge in [-0.2, -0.15) is 0 Å². The van der Waals surface area contributed by atoms with E-state index in [0.29, 0.717) is 6.61 Å². The molecule has 0 aliphatic carbocycles. The van der Waals surface area contributed by atoms with E-state index in [0.717, 1.165) is 24.3 Å². The van der Waals surface area contributed by atoms with Gasteiger partial charge in [-0.25, -0.2) is 0 Å². The number of aromatic amines is 1. The number of hydrogen-bond acceptors (Lipinski definition) is 3. The Morgan fingerprint density at radius 1 is 1.57 bits per heavy atom. The normalized spacial score (nSPS) is 22.2. The van der Waals surface area contributed by atoms with Crippen LogP contribution in [0, 0.1) is 6.92 Å². The molecule has 2 N–H and O–H groups in total. The summed E-state index contributed by atoms with van der Waals surface area (Å²) < 4.78 is 5.35. The first-order chi connectivity index (χ1) is 6.77. The summed E-state index contributed by atoms with van der Waals surface area (Å²) in [6, 6.07) is 2.12. The summed E-state index contributed by atoms with van der Waals surface area (Å²) in [6.45, 7) is 4.11. The Hall–Kier alpha value is -1.13. The maximum atomic E-state index is 11.1. The van der Waals surface area contributed by atoms with Crippen LogP contribution in [0.25, 0.3) is 0 Å². The van der Waals surface area contributed by atoms with E-state index in [9.17, 15) is 4.79 Å². The summed E-state index contributed by atoms with van der Waals surface area (Å²) in [4.78, 5) is 13.9. The maximum absolute atomic E-state index is 11.1. The molecule has 4 nitrogen and oxygen atoms in total. The third-order valence-electron chi connectivity index (χ3n) is 2.44. The monoisotopic (exact) mass is 194 g/mol. The van der Waals surface area contributed by atoms with Crippen LogP contribution in [0.3, 0.4) is 0 Å². The van der Waals surface area contributed by atoms with Gasteiger partial charge >= 0.3 is 0 Å². The third-order valence-corrected chi connectivity index (χ3v) is 2.44. The minimum Gasteiger partial charge on any atom is -0.378 e. The molecule has 4 heteroatoms. The molecular weight excluding hydrogens is 180 g/mol. The molecule has 1 atom stereocenters. The molecule has 2 rings (SSSR count). The molecule has 0 bridgehead atoms. The molecule has 1 saturated heterocycles. The zero-order valence-electron chi connectivity index (χ0n) is 8.17. The van der Waals surface area contributed by atoms with Crippen molar-refractivity contribution in [3.8, 4) is 0 Å². The lowest BCUT2D eigenvalue weighted by Gasteiger charge is -2.24. The number of aromatic nitrogens is 1. The number of morpholine rings is 1. The number of aryl methyl sites for hydroxylation is 1. The van der Waals surface area contributed by atoms with Gasteiger partial charge in [0.2, 0.25) is 0 Å². The number of rotatable bonds is 1. The molecule has 1 aliphatic heterocycles. The van der Waals surface area contributed by atoms with Crippen molar-refractivity contribution in [2.24, 2.45) is 0 Å². The Bertz CT molecular complexity index is 367. The number of pyridine rings is 1. The number of hydrogen-bond donors (Lipinski definition) is 2. The van der Waals surface area contributed by atoms with Crippen molar-refractivity contribution in [1.29, 1.82) is 0 Å². The second-order valence-corrected chi connectivity index (χ2v) is 3.53. The summed E-state index contributed by atoms with van der Waals surface area (Å²) >= 11 is 0. The number of H-pyrrole nitrogens is 1. The van der Waals surface area contributed by atoms with Crippen molar-refractivity contribution in [2.45, 2.75) is 13.0 Å². The largest absolute Gasteiger partial charge is 0.378 e. The first-order valence-corrected chi connectivity index (χ1v) is 4.78. The maximum Gasteiger partial charge on any atom is 0.250 e. The van der Waals surface area contributed by atoms with E-state index in [4.69, 9.17) is 4.74 Å². The van der Waals surface area contributed by atoms with E-state index in [2.05, 4.69) is 10.3 Å². The second-order valence-electron chi connectivity index (χ2n) is 3.53. The van der Waals surface area contributed by atoms with E-state index >= 15 is 0 Å². The van der Waals surface area contributed by atoms with Crippen LogP contribution in [0.4, 0.5) is 0 Å². The summed E-state index contributed by atoms with van der Waals surface area (Å²) in [5.74, 6) is 0. The molecule has 0 aromatic carbocycles. The van der Waals surface area contributed by atoms with Gasteiger partial charge in [0.05, 0.1) is 19.3 Å². The van der Waals surface area contributed by atoms with Gasteiger partial charge in [0, 0.05) is 18.3 Å². The van der Waals surface area contributed by atoms with Gasteiger partial charge in [-0.15, -0.1) is 0 Å². The summed E-state index contributed by atoms with van der Waals surface area (Å²) in [7, 11) is 0. The Morgan fingerprint density at radius 2 is 2.43 bits per heavy atom. The third kappa shape index (κ3) is 1.86. The lowest BCUT2D eigenvalue weighted by Crippen LogP contribution is -2.35.